The second-order valence-corrected chi connectivity index (χ2v) is 6.38. The molecular weight excluding hydrogens is 290 g/mol. The Morgan fingerprint density at radius 3 is 3.00 bits per heavy atom. The van der Waals surface area contributed by atoms with Crippen molar-refractivity contribution in [1.29, 1.82) is 0 Å². The van der Waals surface area contributed by atoms with E-state index in [1.807, 2.05) is 0 Å². The molecule has 0 aliphatic carbocycles. The highest BCUT2D eigenvalue weighted by Gasteiger charge is 2.33. The summed E-state index contributed by atoms with van der Waals surface area (Å²) in [5.41, 5.74) is 0.125. The van der Waals surface area contributed by atoms with Gasteiger partial charge in [-0.2, -0.15) is 0 Å². The summed E-state index contributed by atoms with van der Waals surface area (Å²) in [6.45, 7) is 5.27. The maximum absolute atomic E-state index is 11.2. The summed E-state index contributed by atoms with van der Waals surface area (Å²) in [5.74, 6) is -0.290. The van der Waals surface area contributed by atoms with Crippen LogP contribution in [0.5, 0.6) is 0 Å². The molecule has 0 radical (unpaired) electrons. The van der Waals surface area contributed by atoms with E-state index in [2.05, 4.69) is 21.7 Å². The number of hydrogen-bond donors (Lipinski definition) is 1. The van der Waals surface area contributed by atoms with Crippen LogP contribution in [0.25, 0.3) is 0 Å². The lowest BCUT2D eigenvalue weighted by molar-refractivity contribution is 0.0697. The average Bonchev–Trinajstić information content (AvgIpc) is 2.47. The Hall–Kier alpha value is -1.33. The Bertz CT molecular complexity index is 552. The van der Waals surface area contributed by atoms with Crippen LogP contribution in [-0.4, -0.2) is 52.7 Å². The summed E-state index contributed by atoms with van der Waals surface area (Å²) in [5, 5.41) is 9.39. The van der Waals surface area contributed by atoms with Crippen molar-refractivity contribution in [3.8, 4) is 0 Å². The van der Waals surface area contributed by atoms with E-state index in [0.29, 0.717) is 12.1 Å². The molecule has 1 aromatic heterocycles. The van der Waals surface area contributed by atoms with E-state index in [1.165, 1.54) is 32.0 Å². The van der Waals surface area contributed by atoms with Gasteiger partial charge in [0, 0.05) is 31.4 Å². The monoisotopic (exact) mass is 309 g/mol. The minimum atomic E-state index is -1.01. The molecule has 5 nitrogen and oxygen atoms in total. The summed E-state index contributed by atoms with van der Waals surface area (Å²) in [7, 11) is 0. The number of piperazine rings is 1. The highest BCUT2D eigenvalue weighted by Crippen LogP contribution is 2.28. The fourth-order valence-corrected chi connectivity index (χ4v) is 3.60. The number of aromatic carboxylic acids is 1. The third-order valence-electron chi connectivity index (χ3n) is 4.55. The van der Waals surface area contributed by atoms with Crippen molar-refractivity contribution in [2.24, 2.45) is 0 Å². The predicted octanol–water partition coefficient (Wildman–Crippen LogP) is 2.50. The van der Waals surface area contributed by atoms with Gasteiger partial charge in [0.25, 0.3) is 0 Å². The summed E-state index contributed by atoms with van der Waals surface area (Å²) < 4.78 is 0. The second-order valence-electron chi connectivity index (χ2n) is 5.97. The van der Waals surface area contributed by atoms with Gasteiger partial charge in [-0.15, -0.1) is 0 Å². The molecule has 2 aliphatic heterocycles. The number of nitrogens with zero attached hydrogens (tertiary/aromatic N) is 3. The topological polar surface area (TPSA) is 56.7 Å². The molecule has 2 saturated heterocycles. The van der Waals surface area contributed by atoms with E-state index in [-0.39, 0.29) is 10.6 Å². The number of anilines is 1. The van der Waals surface area contributed by atoms with Gasteiger partial charge in [0.1, 0.15) is 5.82 Å². The molecule has 2 fully saturated rings. The van der Waals surface area contributed by atoms with Crippen LogP contribution in [0.1, 0.15) is 36.5 Å². The number of rotatable bonds is 2. The molecule has 3 heterocycles. The molecule has 0 aromatic carbocycles. The summed E-state index contributed by atoms with van der Waals surface area (Å²) in [4.78, 5) is 20.3. The minimum Gasteiger partial charge on any atom is -0.478 e. The number of fused-ring (bicyclic) bond motifs is 1. The van der Waals surface area contributed by atoms with Gasteiger partial charge in [-0.05, 0) is 32.4 Å². The van der Waals surface area contributed by atoms with Crippen molar-refractivity contribution in [2.75, 3.05) is 24.5 Å². The first-order chi connectivity index (χ1) is 10.1. The van der Waals surface area contributed by atoms with E-state index < -0.39 is 5.97 Å². The van der Waals surface area contributed by atoms with Crippen molar-refractivity contribution in [3.05, 3.63) is 22.8 Å². The fraction of sp³-hybridized carbons (Fsp3) is 0.600. The summed E-state index contributed by atoms with van der Waals surface area (Å²) in [6.07, 6.45) is 5.21. The Kier molecular flexibility index (Phi) is 4.04. The molecule has 1 N–H and O–H groups in total. The van der Waals surface area contributed by atoms with Crippen molar-refractivity contribution >= 4 is 23.4 Å². The van der Waals surface area contributed by atoms with Crippen LogP contribution in [0.4, 0.5) is 5.82 Å². The number of hydrogen-bond acceptors (Lipinski definition) is 4. The first kappa shape index (κ1) is 14.6. The molecule has 0 amide bonds. The number of piperidine rings is 1. The minimum absolute atomic E-state index is 0.125. The van der Waals surface area contributed by atoms with Crippen molar-refractivity contribution in [2.45, 2.75) is 38.3 Å². The largest absolute Gasteiger partial charge is 0.478 e. The SMILES string of the molecule is CC1CN2CCCCC2CN1c1cc(C(=O)O)c(Cl)cn1. The standard InChI is InChI=1S/C15H20ClN3O2/c1-10-8-18-5-3-2-4-11(18)9-19(10)14-6-12(15(20)21)13(16)7-17-14/h6-7,10-11H,2-5,8-9H2,1H3,(H,20,21). The van der Waals surface area contributed by atoms with E-state index >= 15 is 0 Å². The summed E-state index contributed by atoms with van der Waals surface area (Å²) >= 11 is 5.91. The maximum atomic E-state index is 11.2. The number of pyridine rings is 1. The molecule has 2 atom stereocenters. The van der Waals surface area contributed by atoms with Crippen molar-refractivity contribution in [1.82, 2.24) is 9.88 Å². The number of carboxylic acid groups (broad SMARTS) is 1. The first-order valence-corrected chi connectivity index (χ1v) is 7.83. The molecule has 3 rings (SSSR count). The van der Waals surface area contributed by atoms with Crippen LogP contribution in [0.2, 0.25) is 5.02 Å². The number of aromatic nitrogens is 1. The third kappa shape index (κ3) is 2.85. The zero-order valence-electron chi connectivity index (χ0n) is 12.1. The zero-order valence-corrected chi connectivity index (χ0v) is 12.9. The molecule has 1 aromatic rings. The highest BCUT2D eigenvalue weighted by molar-refractivity contribution is 6.33. The first-order valence-electron chi connectivity index (χ1n) is 7.46. The molecular formula is C15H20ClN3O2. The van der Waals surface area contributed by atoms with Crippen LogP contribution in [-0.2, 0) is 0 Å². The number of halogens is 1. The van der Waals surface area contributed by atoms with Gasteiger partial charge in [-0.1, -0.05) is 18.0 Å². The zero-order chi connectivity index (χ0) is 15.0. The van der Waals surface area contributed by atoms with Gasteiger partial charge < -0.3 is 10.0 Å². The second kappa shape index (κ2) is 5.81. The Morgan fingerprint density at radius 2 is 2.24 bits per heavy atom. The van der Waals surface area contributed by atoms with E-state index in [0.717, 1.165) is 18.9 Å². The van der Waals surface area contributed by atoms with Crippen LogP contribution in [0.15, 0.2) is 12.3 Å². The van der Waals surface area contributed by atoms with Crippen molar-refractivity contribution in [3.63, 3.8) is 0 Å². The lowest BCUT2D eigenvalue weighted by atomic mass is 9.97. The Labute approximate surface area is 129 Å². The molecule has 2 unspecified atom stereocenters. The molecule has 0 spiro atoms. The van der Waals surface area contributed by atoms with Crippen molar-refractivity contribution < 1.29 is 9.90 Å². The van der Waals surface area contributed by atoms with E-state index in [9.17, 15) is 9.90 Å². The highest BCUT2D eigenvalue weighted by atomic mass is 35.5. The smallest absolute Gasteiger partial charge is 0.337 e. The van der Waals surface area contributed by atoms with Crippen LogP contribution in [0.3, 0.4) is 0 Å². The normalized spacial score (nSPS) is 26.5. The van der Waals surface area contributed by atoms with E-state index in [4.69, 9.17) is 11.6 Å². The van der Waals surface area contributed by atoms with Gasteiger partial charge >= 0.3 is 5.97 Å². The molecule has 21 heavy (non-hydrogen) atoms. The predicted molar refractivity (Wildman–Crippen MR) is 82.2 cm³/mol. The lowest BCUT2D eigenvalue weighted by Gasteiger charge is -2.48. The Balaban J connectivity index is 1.85. The molecule has 0 saturated carbocycles. The summed E-state index contributed by atoms with van der Waals surface area (Å²) in [6, 6.07) is 2.48. The fourth-order valence-electron chi connectivity index (χ4n) is 3.42. The number of carbonyl (C=O) groups is 1. The molecule has 0 bridgehead atoms. The molecule has 6 heteroatoms. The maximum Gasteiger partial charge on any atom is 0.337 e. The van der Waals surface area contributed by atoms with E-state index in [1.54, 1.807) is 6.07 Å². The molecule has 2 aliphatic rings. The number of carboxylic acids is 1. The van der Waals surface area contributed by atoms with Gasteiger partial charge in [0.15, 0.2) is 0 Å². The average molecular weight is 310 g/mol. The van der Waals surface area contributed by atoms with Crippen LogP contribution < -0.4 is 4.90 Å². The third-order valence-corrected chi connectivity index (χ3v) is 4.85. The van der Waals surface area contributed by atoms with Crippen LogP contribution in [0, 0.1) is 0 Å². The molecule has 114 valence electrons. The quantitative estimate of drug-likeness (QED) is 0.909. The van der Waals surface area contributed by atoms with Gasteiger partial charge in [0.05, 0.1) is 10.6 Å². The lowest BCUT2D eigenvalue weighted by Crippen LogP contribution is -2.59. The van der Waals surface area contributed by atoms with Crippen LogP contribution >= 0.6 is 11.6 Å². The van der Waals surface area contributed by atoms with Gasteiger partial charge in [0.2, 0.25) is 0 Å². The Morgan fingerprint density at radius 1 is 1.43 bits per heavy atom. The van der Waals surface area contributed by atoms with Gasteiger partial charge in [-0.3, -0.25) is 4.90 Å². The van der Waals surface area contributed by atoms with Gasteiger partial charge in [-0.25, -0.2) is 9.78 Å².